The van der Waals surface area contributed by atoms with Crippen molar-refractivity contribution in [2.75, 3.05) is 19.0 Å². The highest BCUT2D eigenvalue weighted by Crippen LogP contribution is 2.17. The number of hydrogen-bond donors (Lipinski definition) is 2. The summed E-state index contributed by atoms with van der Waals surface area (Å²) < 4.78 is 1.70. The van der Waals surface area contributed by atoms with Gasteiger partial charge in [-0.1, -0.05) is 6.92 Å². The van der Waals surface area contributed by atoms with Gasteiger partial charge in [0.1, 0.15) is 0 Å². The molecule has 0 unspecified atom stereocenters. The molecule has 1 heterocycles. The number of aryl methyl sites for hydroxylation is 1. The Bertz CT molecular complexity index is 426. The molecule has 1 aromatic heterocycles. The van der Waals surface area contributed by atoms with Gasteiger partial charge in [-0.05, 0) is 6.42 Å². The third-order valence-corrected chi connectivity index (χ3v) is 2.37. The maximum Gasteiger partial charge on any atom is 0.320 e. The van der Waals surface area contributed by atoms with Crippen LogP contribution in [-0.4, -0.2) is 35.6 Å². The van der Waals surface area contributed by atoms with Crippen molar-refractivity contribution in [1.82, 2.24) is 14.9 Å². The molecule has 7 nitrogen and oxygen atoms in total. The van der Waals surface area contributed by atoms with Crippen LogP contribution >= 0.6 is 0 Å². The van der Waals surface area contributed by atoms with E-state index in [0.29, 0.717) is 12.2 Å². The number of rotatable bonds is 4. The molecule has 17 heavy (non-hydrogen) atoms. The molecule has 0 radical (unpaired) electrons. The van der Waals surface area contributed by atoms with E-state index in [1.54, 1.807) is 4.57 Å². The Hall–Kier alpha value is -2.05. The molecule has 3 N–H and O–H groups in total. The van der Waals surface area contributed by atoms with Gasteiger partial charge in [-0.15, -0.1) is 0 Å². The van der Waals surface area contributed by atoms with Gasteiger partial charge in [0.05, 0.1) is 6.33 Å². The van der Waals surface area contributed by atoms with Gasteiger partial charge in [0, 0.05) is 20.6 Å². The van der Waals surface area contributed by atoms with Crippen LogP contribution in [0.3, 0.4) is 0 Å². The molecule has 0 bridgehead atoms. The lowest BCUT2D eigenvalue weighted by molar-refractivity contribution is 0.0954. The summed E-state index contributed by atoms with van der Waals surface area (Å²) in [6, 6.07) is -0.656. The summed E-state index contributed by atoms with van der Waals surface area (Å²) in [5.74, 6) is -0.0237. The zero-order valence-corrected chi connectivity index (χ0v) is 10.2. The molecule has 0 fully saturated rings. The van der Waals surface area contributed by atoms with Crippen LogP contribution in [0.25, 0.3) is 0 Å². The SMILES string of the molecule is CCCn1cnc(N(C)C(N)=O)c1C(=O)NC. The molecule has 1 aromatic rings. The molecule has 3 amide bonds. The summed E-state index contributed by atoms with van der Waals surface area (Å²) in [6.45, 7) is 2.65. The maximum atomic E-state index is 11.8. The van der Waals surface area contributed by atoms with Crippen molar-refractivity contribution in [3.05, 3.63) is 12.0 Å². The minimum Gasteiger partial charge on any atom is -0.354 e. The third kappa shape index (κ3) is 2.55. The molecule has 0 saturated heterocycles. The van der Waals surface area contributed by atoms with Crippen molar-refractivity contribution < 1.29 is 9.59 Å². The van der Waals surface area contributed by atoms with Crippen LogP contribution in [0.4, 0.5) is 10.6 Å². The van der Waals surface area contributed by atoms with Gasteiger partial charge in [-0.3, -0.25) is 9.69 Å². The van der Waals surface area contributed by atoms with Crippen LogP contribution in [0.5, 0.6) is 0 Å². The molecule has 0 aromatic carbocycles. The molecule has 0 aliphatic carbocycles. The Morgan fingerprint density at radius 3 is 2.71 bits per heavy atom. The van der Waals surface area contributed by atoms with Crippen molar-refractivity contribution in [2.24, 2.45) is 5.73 Å². The van der Waals surface area contributed by atoms with Gasteiger partial charge in [0.25, 0.3) is 5.91 Å². The zero-order chi connectivity index (χ0) is 13.0. The predicted octanol–water partition coefficient (Wildman–Crippen LogP) is 0.168. The summed E-state index contributed by atoms with van der Waals surface area (Å²) in [5.41, 5.74) is 5.51. The summed E-state index contributed by atoms with van der Waals surface area (Å²) >= 11 is 0. The number of carbonyl (C=O) groups is 2. The largest absolute Gasteiger partial charge is 0.354 e. The fraction of sp³-hybridized carbons (Fsp3) is 0.500. The van der Waals surface area contributed by atoms with Gasteiger partial charge >= 0.3 is 6.03 Å². The van der Waals surface area contributed by atoms with Crippen molar-refractivity contribution in [1.29, 1.82) is 0 Å². The predicted molar refractivity (Wildman–Crippen MR) is 63.9 cm³/mol. The number of urea groups is 1. The average molecular weight is 239 g/mol. The van der Waals surface area contributed by atoms with E-state index in [2.05, 4.69) is 10.3 Å². The van der Waals surface area contributed by atoms with Gasteiger partial charge in [-0.2, -0.15) is 0 Å². The zero-order valence-electron chi connectivity index (χ0n) is 10.2. The second-order valence-corrected chi connectivity index (χ2v) is 3.59. The van der Waals surface area contributed by atoms with Crippen molar-refractivity contribution in [3.8, 4) is 0 Å². The highest BCUT2D eigenvalue weighted by Gasteiger charge is 2.22. The molecule has 0 atom stereocenters. The standard InChI is InChI=1S/C10H17N5O2/c1-4-5-15-6-13-8(14(3)10(11)17)7(15)9(16)12-2/h6H,4-5H2,1-3H3,(H2,11,17)(H,12,16). The number of anilines is 1. The molecule has 1 rings (SSSR count). The first-order valence-electron chi connectivity index (χ1n) is 5.33. The second kappa shape index (κ2) is 5.33. The van der Waals surface area contributed by atoms with E-state index in [1.807, 2.05) is 6.92 Å². The first kappa shape index (κ1) is 13.0. The number of aromatic nitrogens is 2. The van der Waals surface area contributed by atoms with Crippen LogP contribution in [0, 0.1) is 0 Å². The summed E-state index contributed by atoms with van der Waals surface area (Å²) in [5, 5.41) is 2.52. The second-order valence-electron chi connectivity index (χ2n) is 3.59. The highest BCUT2D eigenvalue weighted by molar-refractivity contribution is 6.01. The van der Waals surface area contributed by atoms with E-state index in [4.69, 9.17) is 5.73 Å². The Labute approximate surface area is 99.6 Å². The Kier molecular flexibility index (Phi) is 4.08. The number of nitrogens with zero attached hydrogens (tertiary/aromatic N) is 3. The van der Waals surface area contributed by atoms with E-state index in [1.165, 1.54) is 20.4 Å². The average Bonchev–Trinajstić information content (AvgIpc) is 2.71. The molecule has 0 spiro atoms. The van der Waals surface area contributed by atoms with Gasteiger partial charge < -0.3 is 15.6 Å². The minimum absolute atomic E-state index is 0.269. The van der Waals surface area contributed by atoms with Crippen molar-refractivity contribution in [3.63, 3.8) is 0 Å². The first-order valence-corrected chi connectivity index (χ1v) is 5.33. The Balaban J connectivity index is 3.21. The van der Waals surface area contributed by atoms with Crippen LogP contribution in [0.2, 0.25) is 0 Å². The maximum absolute atomic E-state index is 11.8. The van der Waals surface area contributed by atoms with Crippen molar-refractivity contribution in [2.45, 2.75) is 19.9 Å². The molecule has 0 saturated carbocycles. The fourth-order valence-corrected chi connectivity index (χ4v) is 1.48. The van der Waals surface area contributed by atoms with Gasteiger partial charge in [0.15, 0.2) is 11.5 Å². The normalized spacial score (nSPS) is 10.1. The Morgan fingerprint density at radius 1 is 1.59 bits per heavy atom. The lowest BCUT2D eigenvalue weighted by Crippen LogP contribution is -2.34. The van der Waals surface area contributed by atoms with Crippen LogP contribution in [0.15, 0.2) is 6.33 Å². The van der Waals surface area contributed by atoms with Gasteiger partial charge in [0.2, 0.25) is 0 Å². The lowest BCUT2D eigenvalue weighted by Gasteiger charge is -2.14. The molecule has 0 aliphatic heterocycles. The topological polar surface area (TPSA) is 93.2 Å². The van der Waals surface area contributed by atoms with E-state index in [9.17, 15) is 9.59 Å². The first-order chi connectivity index (χ1) is 8.02. The summed E-state index contributed by atoms with van der Waals surface area (Å²) in [6.07, 6.45) is 2.39. The Morgan fingerprint density at radius 2 is 2.24 bits per heavy atom. The number of amides is 3. The minimum atomic E-state index is -0.656. The molecule has 94 valence electrons. The smallest absolute Gasteiger partial charge is 0.320 e. The monoisotopic (exact) mass is 239 g/mol. The number of hydrogen-bond acceptors (Lipinski definition) is 3. The molecule has 7 heteroatoms. The third-order valence-electron chi connectivity index (χ3n) is 2.37. The number of carbonyl (C=O) groups excluding carboxylic acids is 2. The molecular formula is C10H17N5O2. The van der Waals surface area contributed by atoms with Crippen molar-refractivity contribution >= 4 is 17.8 Å². The fourth-order valence-electron chi connectivity index (χ4n) is 1.48. The number of nitrogens with two attached hydrogens (primary N) is 1. The number of nitrogens with one attached hydrogen (secondary N) is 1. The quantitative estimate of drug-likeness (QED) is 0.784. The number of imidazole rings is 1. The lowest BCUT2D eigenvalue weighted by atomic mass is 10.3. The van der Waals surface area contributed by atoms with Crippen LogP contribution in [0.1, 0.15) is 23.8 Å². The van der Waals surface area contributed by atoms with E-state index in [-0.39, 0.29) is 11.7 Å². The number of primary amides is 1. The molecular weight excluding hydrogens is 222 g/mol. The van der Waals surface area contributed by atoms with Crippen LogP contribution < -0.4 is 16.0 Å². The molecule has 0 aliphatic rings. The van der Waals surface area contributed by atoms with Crippen LogP contribution in [-0.2, 0) is 6.54 Å². The van der Waals surface area contributed by atoms with E-state index < -0.39 is 6.03 Å². The summed E-state index contributed by atoms with van der Waals surface area (Å²) in [7, 11) is 3.01. The van der Waals surface area contributed by atoms with Gasteiger partial charge in [-0.25, -0.2) is 9.78 Å². The summed E-state index contributed by atoms with van der Waals surface area (Å²) in [4.78, 5) is 28.1. The highest BCUT2D eigenvalue weighted by atomic mass is 16.2. The van der Waals surface area contributed by atoms with E-state index in [0.717, 1.165) is 11.3 Å². The van der Waals surface area contributed by atoms with E-state index >= 15 is 0 Å².